The van der Waals surface area contributed by atoms with Gasteiger partial charge < -0.3 is 14.0 Å². The Morgan fingerprint density at radius 3 is 2.61 bits per heavy atom. The Balaban J connectivity index is 1.58. The van der Waals surface area contributed by atoms with E-state index in [2.05, 4.69) is 34.9 Å². The van der Waals surface area contributed by atoms with Crippen LogP contribution in [0.15, 0.2) is 25.0 Å². The number of rotatable bonds is 3. The summed E-state index contributed by atoms with van der Waals surface area (Å²) < 4.78 is 16.9. The molecule has 0 unspecified atom stereocenters. The minimum Gasteiger partial charge on any atom is -0.333 e. The van der Waals surface area contributed by atoms with Gasteiger partial charge in [-0.3, -0.25) is 0 Å². The third-order valence-corrected chi connectivity index (χ3v) is 3.73. The van der Waals surface area contributed by atoms with Crippen LogP contribution in [0.2, 0.25) is 0 Å². The standard InChI is InChI=1S/C13H14FN9/c14-10-4-15-13(16-5-10)22-2-1-3-23-11(19-20-12(23)7-22)6-21-8-17-18-9-21/h4-5,8-9H,1-3,6-7H2. The average molecular weight is 315 g/mol. The van der Waals surface area contributed by atoms with Gasteiger partial charge in [0.2, 0.25) is 5.95 Å². The van der Waals surface area contributed by atoms with Crippen molar-refractivity contribution < 1.29 is 4.39 Å². The highest BCUT2D eigenvalue weighted by atomic mass is 19.1. The molecule has 9 nitrogen and oxygen atoms in total. The van der Waals surface area contributed by atoms with E-state index < -0.39 is 5.82 Å². The zero-order valence-corrected chi connectivity index (χ0v) is 12.2. The molecular weight excluding hydrogens is 301 g/mol. The van der Waals surface area contributed by atoms with Gasteiger partial charge in [-0.2, -0.15) is 0 Å². The minimum absolute atomic E-state index is 0.442. The van der Waals surface area contributed by atoms with Gasteiger partial charge in [-0.15, -0.1) is 20.4 Å². The quantitative estimate of drug-likeness (QED) is 0.684. The number of aromatic nitrogens is 8. The van der Waals surface area contributed by atoms with Gasteiger partial charge >= 0.3 is 0 Å². The summed E-state index contributed by atoms with van der Waals surface area (Å²) in [7, 11) is 0. The molecule has 3 aromatic rings. The van der Waals surface area contributed by atoms with Crippen molar-refractivity contribution in [1.29, 1.82) is 0 Å². The van der Waals surface area contributed by atoms with Gasteiger partial charge in [0, 0.05) is 13.1 Å². The number of fused-ring (bicyclic) bond motifs is 1. The molecule has 0 amide bonds. The lowest BCUT2D eigenvalue weighted by Gasteiger charge is -2.18. The predicted molar refractivity (Wildman–Crippen MR) is 76.8 cm³/mol. The summed E-state index contributed by atoms with van der Waals surface area (Å²) in [5, 5.41) is 16.1. The summed E-state index contributed by atoms with van der Waals surface area (Å²) in [4.78, 5) is 10.1. The molecule has 0 bridgehead atoms. The molecule has 0 spiro atoms. The second-order valence-corrected chi connectivity index (χ2v) is 5.29. The van der Waals surface area contributed by atoms with Crippen molar-refractivity contribution in [2.75, 3.05) is 11.4 Å². The first-order chi connectivity index (χ1) is 11.3. The lowest BCUT2D eigenvalue weighted by molar-refractivity contribution is 0.600. The van der Waals surface area contributed by atoms with Gasteiger partial charge in [0.05, 0.1) is 25.5 Å². The SMILES string of the molecule is Fc1cnc(N2CCCn3c(nnc3Cn3cnnc3)C2)nc1. The fraction of sp³-hybridized carbons (Fsp3) is 0.385. The first-order valence-electron chi connectivity index (χ1n) is 7.25. The highest BCUT2D eigenvalue weighted by molar-refractivity contribution is 5.29. The van der Waals surface area contributed by atoms with Crippen LogP contribution in [0.5, 0.6) is 0 Å². The average Bonchev–Trinajstić information content (AvgIpc) is 3.14. The molecular formula is C13H14FN9. The maximum atomic E-state index is 13.0. The fourth-order valence-electron chi connectivity index (χ4n) is 2.64. The molecule has 0 radical (unpaired) electrons. The number of nitrogens with zero attached hydrogens (tertiary/aromatic N) is 9. The van der Waals surface area contributed by atoms with Crippen LogP contribution in [-0.4, -0.2) is 46.0 Å². The Labute approximate surface area is 130 Å². The summed E-state index contributed by atoms with van der Waals surface area (Å²) in [6.45, 7) is 2.71. The van der Waals surface area contributed by atoms with Crippen LogP contribution in [-0.2, 0) is 19.6 Å². The van der Waals surface area contributed by atoms with Crippen molar-refractivity contribution in [2.24, 2.45) is 0 Å². The third kappa shape index (κ3) is 2.74. The van der Waals surface area contributed by atoms with Gasteiger partial charge in [-0.1, -0.05) is 0 Å². The van der Waals surface area contributed by atoms with E-state index >= 15 is 0 Å². The smallest absolute Gasteiger partial charge is 0.225 e. The Hall–Kier alpha value is -2.91. The molecule has 0 N–H and O–H groups in total. The first-order valence-corrected chi connectivity index (χ1v) is 7.25. The number of anilines is 1. The molecule has 1 aliphatic rings. The Kier molecular flexibility index (Phi) is 3.41. The van der Waals surface area contributed by atoms with E-state index in [1.165, 1.54) is 12.4 Å². The summed E-state index contributed by atoms with van der Waals surface area (Å²) >= 11 is 0. The van der Waals surface area contributed by atoms with Crippen LogP contribution in [0, 0.1) is 5.82 Å². The maximum Gasteiger partial charge on any atom is 0.225 e. The molecule has 0 fully saturated rings. The zero-order chi connectivity index (χ0) is 15.6. The molecule has 0 atom stereocenters. The molecule has 118 valence electrons. The van der Waals surface area contributed by atoms with E-state index in [1.54, 1.807) is 12.7 Å². The fourth-order valence-corrected chi connectivity index (χ4v) is 2.64. The molecule has 0 saturated carbocycles. The maximum absolute atomic E-state index is 13.0. The summed E-state index contributed by atoms with van der Waals surface area (Å²) in [5.41, 5.74) is 0. The van der Waals surface area contributed by atoms with Crippen LogP contribution in [0.4, 0.5) is 10.3 Å². The van der Waals surface area contributed by atoms with E-state index in [1.807, 2.05) is 9.47 Å². The van der Waals surface area contributed by atoms with Crippen molar-refractivity contribution >= 4 is 5.95 Å². The topological polar surface area (TPSA) is 90.4 Å². The summed E-state index contributed by atoms with van der Waals surface area (Å²) in [5.74, 6) is 1.77. The van der Waals surface area contributed by atoms with Gasteiger partial charge in [0.15, 0.2) is 17.5 Å². The molecule has 0 saturated heterocycles. The monoisotopic (exact) mass is 315 g/mol. The molecule has 0 aromatic carbocycles. The van der Waals surface area contributed by atoms with E-state index in [0.29, 0.717) is 19.0 Å². The van der Waals surface area contributed by atoms with Crippen LogP contribution in [0.3, 0.4) is 0 Å². The highest BCUT2D eigenvalue weighted by Crippen LogP contribution is 2.17. The Morgan fingerprint density at radius 1 is 1.04 bits per heavy atom. The van der Waals surface area contributed by atoms with Crippen molar-refractivity contribution in [2.45, 2.75) is 26.1 Å². The second kappa shape index (κ2) is 5.71. The third-order valence-electron chi connectivity index (χ3n) is 3.73. The van der Waals surface area contributed by atoms with Gasteiger partial charge in [-0.05, 0) is 6.42 Å². The Morgan fingerprint density at radius 2 is 1.83 bits per heavy atom. The van der Waals surface area contributed by atoms with Crippen LogP contribution >= 0.6 is 0 Å². The minimum atomic E-state index is -0.442. The van der Waals surface area contributed by atoms with Crippen molar-refractivity contribution in [3.05, 3.63) is 42.5 Å². The van der Waals surface area contributed by atoms with E-state index in [-0.39, 0.29) is 0 Å². The van der Waals surface area contributed by atoms with E-state index in [4.69, 9.17) is 0 Å². The summed E-state index contributed by atoms with van der Waals surface area (Å²) in [6, 6.07) is 0. The molecule has 1 aliphatic heterocycles. The zero-order valence-electron chi connectivity index (χ0n) is 12.2. The number of halogens is 1. The lowest BCUT2D eigenvalue weighted by atomic mass is 10.4. The highest BCUT2D eigenvalue weighted by Gasteiger charge is 2.21. The predicted octanol–water partition coefficient (Wildman–Crippen LogP) is 0.257. The molecule has 4 heterocycles. The van der Waals surface area contributed by atoms with Gasteiger partial charge in [-0.25, -0.2) is 14.4 Å². The van der Waals surface area contributed by atoms with Crippen molar-refractivity contribution in [3.63, 3.8) is 0 Å². The first kappa shape index (κ1) is 13.7. The Bertz CT molecular complexity index is 780. The number of hydrogen-bond donors (Lipinski definition) is 0. The van der Waals surface area contributed by atoms with Gasteiger partial charge in [0.1, 0.15) is 12.7 Å². The number of hydrogen-bond acceptors (Lipinski definition) is 7. The van der Waals surface area contributed by atoms with Crippen molar-refractivity contribution in [3.8, 4) is 0 Å². The molecule has 4 rings (SSSR count). The van der Waals surface area contributed by atoms with Crippen LogP contribution < -0.4 is 4.90 Å². The largest absolute Gasteiger partial charge is 0.333 e. The lowest BCUT2D eigenvalue weighted by Crippen LogP contribution is -2.25. The van der Waals surface area contributed by atoms with Crippen LogP contribution in [0.1, 0.15) is 18.1 Å². The van der Waals surface area contributed by atoms with Crippen LogP contribution in [0.25, 0.3) is 0 Å². The van der Waals surface area contributed by atoms with Gasteiger partial charge in [0.25, 0.3) is 0 Å². The second-order valence-electron chi connectivity index (χ2n) is 5.29. The van der Waals surface area contributed by atoms with Crippen molar-refractivity contribution in [1.82, 2.24) is 39.5 Å². The molecule has 23 heavy (non-hydrogen) atoms. The molecule has 3 aromatic heterocycles. The molecule has 0 aliphatic carbocycles. The van der Waals surface area contributed by atoms with E-state index in [0.717, 1.165) is 31.2 Å². The van der Waals surface area contributed by atoms with E-state index in [9.17, 15) is 4.39 Å². The summed E-state index contributed by atoms with van der Waals surface area (Å²) in [6.07, 6.45) is 6.56. The molecule has 10 heteroatoms. The normalized spacial score (nSPS) is 14.6.